The predicted molar refractivity (Wildman–Crippen MR) is 57.4 cm³/mol. The van der Waals surface area contributed by atoms with Crippen LogP contribution in [0.1, 0.15) is 27.7 Å². The Morgan fingerprint density at radius 3 is 2.60 bits per heavy atom. The molecule has 1 N–H and O–H groups in total. The second-order valence-electron chi connectivity index (χ2n) is 4.55. The Labute approximate surface area is 89.8 Å². The number of hydrogen-bond acceptors (Lipinski definition) is 3. The average Bonchev–Trinajstić information content (AvgIpc) is 2.06. The minimum Gasteiger partial charge on any atom is -0.510 e. The normalized spacial score (nSPS) is 16.9. The molecule has 1 amide bonds. The second kappa shape index (κ2) is 3.96. The summed E-state index contributed by atoms with van der Waals surface area (Å²) in [4.78, 5) is 12.9. The number of ether oxygens (including phenoxy) is 1. The minimum absolute atomic E-state index is 0.178. The van der Waals surface area contributed by atoms with Gasteiger partial charge in [0.05, 0.1) is 6.54 Å². The summed E-state index contributed by atoms with van der Waals surface area (Å²) in [5, 5.41) is 9.47. The molecule has 0 aliphatic carbocycles. The molecular weight excluding hydrogens is 194 g/mol. The maximum Gasteiger partial charge on any atom is 0.414 e. The molecule has 0 bridgehead atoms. The molecular formula is C11H17NO3. The molecule has 84 valence electrons. The van der Waals surface area contributed by atoms with Gasteiger partial charge in [-0.1, -0.05) is 0 Å². The van der Waals surface area contributed by atoms with Crippen LogP contribution in [0.3, 0.4) is 0 Å². The number of rotatable bonds is 0. The SMILES string of the molecule is CC1=C(O)CN(C(=O)OC(C)(C)C)C=C1. The third-order valence-corrected chi connectivity index (χ3v) is 1.91. The van der Waals surface area contributed by atoms with Crippen molar-refractivity contribution in [3.05, 3.63) is 23.6 Å². The first-order valence-electron chi connectivity index (χ1n) is 4.86. The monoisotopic (exact) mass is 211 g/mol. The number of nitrogens with zero attached hydrogens (tertiary/aromatic N) is 1. The number of carbonyl (C=O) groups is 1. The van der Waals surface area contributed by atoms with Gasteiger partial charge in [-0.3, -0.25) is 4.90 Å². The fourth-order valence-electron chi connectivity index (χ4n) is 1.08. The number of hydrogen-bond donors (Lipinski definition) is 1. The molecule has 1 aliphatic heterocycles. The van der Waals surface area contributed by atoms with Gasteiger partial charge in [0.1, 0.15) is 11.4 Å². The van der Waals surface area contributed by atoms with Gasteiger partial charge in [0.2, 0.25) is 0 Å². The zero-order valence-electron chi connectivity index (χ0n) is 9.57. The van der Waals surface area contributed by atoms with E-state index in [4.69, 9.17) is 4.74 Å². The molecule has 1 aliphatic rings. The van der Waals surface area contributed by atoms with Crippen molar-refractivity contribution in [3.63, 3.8) is 0 Å². The summed E-state index contributed by atoms with van der Waals surface area (Å²) in [7, 11) is 0. The number of carbonyl (C=O) groups excluding carboxylic acids is 1. The van der Waals surface area contributed by atoms with Crippen molar-refractivity contribution in [2.75, 3.05) is 6.54 Å². The standard InChI is InChI=1S/C11H17NO3/c1-8-5-6-12(7-9(8)13)10(14)15-11(2,3)4/h5-6,13H,7H2,1-4H3. The van der Waals surface area contributed by atoms with E-state index in [-0.39, 0.29) is 12.3 Å². The van der Waals surface area contributed by atoms with E-state index in [1.54, 1.807) is 40.0 Å². The molecule has 4 nitrogen and oxygen atoms in total. The summed E-state index contributed by atoms with van der Waals surface area (Å²) in [5.74, 6) is 0.198. The van der Waals surface area contributed by atoms with Gasteiger partial charge in [-0.15, -0.1) is 0 Å². The largest absolute Gasteiger partial charge is 0.510 e. The van der Waals surface area contributed by atoms with Crippen LogP contribution in [-0.2, 0) is 4.74 Å². The summed E-state index contributed by atoms with van der Waals surface area (Å²) in [6, 6.07) is 0. The Morgan fingerprint density at radius 1 is 1.53 bits per heavy atom. The highest BCUT2D eigenvalue weighted by molar-refractivity contribution is 5.70. The molecule has 0 aromatic carbocycles. The van der Waals surface area contributed by atoms with Crippen LogP contribution in [0.4, 0.5) is 4.79 Å². The molecule has 0 atom stereocenters. The van der Waals surface area contributed by atoms with Crippen LogP contribution in [0.5, 0.6) is 0 Å². The Balaban J connectivity index is 2.63. The molecule has 0 aromatic rings. The first-order valence-corrected chi connectivity index (χ1v) is 4.86. The molecule has 0 saturated carbocycles. The van der Waals surface area contributed by atoms with Crippen molar-refractivity contribution in [2.24, 2.45) is 0 Å². The van der Waals surface area contributed by atoms with E-state index >= 15 is 0 Å². The smallest absolute Gasteiger partial charge is 0.414 e. The minimum atomic E-state index is -0.517. The molecule has 15 heavy (non-hydrogen) atoms. The lowest BCUT2D eigenvalue weighted by molar-refractivity contribution is 0.0330. The molecule has 0 aromatic heterocycles. The Hall–Kier alpha value is -1.45. The van der Waals surface area contributed by atoms with E-state index in [2.05, 4.69) is 0 Å². The van der Waals surface area contributed by atoms with Crippen molar-refractivity contribution in [3.8, 4) is 0 Å². The Bertz CT molecular complexity index is 323. The van der Waals surface area contributed by atoms with Gasteiger partial charge in [-0.2, -0.15) is 0 Å². The second-order valence-corrected chi connectivity index (χ2v) is 4.55. The molecule has 1 rings (SSSR count). The average molecular weight is 211 g/mol. The molecule has 0 saturated heterocycles. The van der Waals surface area contributed by atoms with E-state index in [0.717, 1.165) is 5.57 Å². The van der Waals surface area contributed by atoms with Crippen molar-refractivity contribution in [1.82, 2.24) is 4.90 Å². The van der Waals surface area contributed by atoms with Crippen LogP contribution in [0.25, 0.3) is 0 Å². The van der Waals surface area contributed by atoms with Crippen LogP contribution < -0.4 is 0 Å². The topological polar surface area (TPSA) is 49.8 Å². The fraction of sp³-hybridized carbons (Fsp3) is 0.545. The zero-order chi connectivity index (χ0) is 11.6. The quantitative estimate of drug-likeness (QED) is 0.670. The van der Waals surface area contributed by atoms with Gasteiger partial charge in [0.25, 0.3) is 0 Å². The van der Waals surface area contributed by atoms with Crippen LogP contribution >= 0.6 is 0 Å². The van der Waals surface area contributed by atoms with E-state index in [0.29, 0.717) is 0 Å². The Morgan fingerprint density at radius 2 is 2.13 bits per heavy atom. The van der Waals surface area contributed by atoms with Crippen molar-refractivity contribution >= 4 is 6.09 Å². The lowest BCUT2D eigenvalue weighted by Crippen LogP contribution is -2.35. The highest BCUT2D eigenvalue weighted by atomic mass is 16.6. The van der Waals surface area contributed by atoms with Gasteiger partial charge >= 0.3 is 6.09 Å². The number of allylic oxidation sites excluding steroid dienone is 2. The molecule has 0 radical (unpaired) electrons. The summed E-state index contributed by atoms with van der Waals surface area (Å²) in [6.45, 7) is 7.38. The highest BCUT2D eigenvalue weighted by Gasteiger charge is 2.23. The van der Waals surface area contributed by atoms with E-state index in [1.165, 1.54) is 4.90 Å². The number of aliphatic hydroxyl groups excluding tert-OH is 1. The van der Waals surface area contributed by atoms with E-state index in [9.17, 15) is 9.90 Å². The van der Waals surface area contributed by atoms with E-state index in [1.807, 2.05) is 0 Å². The molecule has 0 unspecified atom stereocenters. The van der Waals surface area contributed by atoms with Crippen molar-refractivity contribution in [2.45, 2.75) is 33.3 Å². The highest BCUT2D eigenvalue weighted by Crippen LogP contribution is 2.16. The third-order valence-electron chi connectivity index (χ3n) is 1.91. The molecule has 1 heterocycles. The lowest BCUT2D eigenvalue weighted by Gasteiger charge is -2.26. The van der Waals surface area contributed by atoms with Crippen LogP contribution in [-0.4, -0.2) is 28.2 Å². The van der Waals surface area contributed by atoms with Gasteiger partial charge in [-0.25, -0.2) is 4.79 Å². The third kappa shape index (κ3) is 3.31. The zero-order valence-corrected chi connectivity index (χ0v) is 9.57. The van der Waals surface area contributed by atoms with Gasteiger partial charge < -0.3 is 9.84 Å². The lowest BCUT2D eigenvalue weighted by atomic mass is 10.2. The first kappa shape index (κ1) is 11.6. The van der Waals surface area contributed by atoms with Crippen LogP contribution in [0.15, 0.2) is 23.6 Å². The summed E-state index contributed by atoms with van der Waals surface area (Å²) in [5.41, 5.74) is 0.256. The maximum absolute atomic E-state index is 11.6. The predicted octanol–water partition coefficient (Wildman–Crippen LogP) is 2.58. The Kier molecular flexibility index (Phi) is 3.07. The van der Waals surface area contributed by atoms with Crippen molar-refractivity contribution < 1.29 is 14.6 Å². The maximum atomic E-state index is 11.6. The van der Waals surface area contributed by atoms with Gasteiger partial charge in [0.15, 0.2) is 0 Å². The van der Waals surface area contributed by atoms with E-state index < -0.39 is 11.7 Å². The molecule has 4 heteroatoms. The van der Waals surface area contributed by atoms with Crippen LogP contribution in [0, 0.1) is 0 Å². The summed E-state index contributed by atoms with van der Waals surface area (Å²) in [6.07, 6.45) is 2.85. The van der Waals surface area contributed by atoms with Crippen molar-refractivity contribution in [1.29, 1.82) is 0 Å². The van der Waals surface area contributed by atoms with Gasteiger partial charge in [-0.05, 0) is 39.3 Å². The number of amides is 1. The van der Waals surface area contributed by atoms with Crippen LogP contribution in [0.2, 0.25) is 0 Å². The molecule has 0 spiro atoms. The molecule has 0 fully saturated rings. The summed E-state index contributed by atoms with van der Waals surface area (Å²) < 4.78 is 5.16. The fourth-order valence-corrected chi connectivity index (χ4v) is 1.08. The number of aliphatic hydroxyl groups is 1. The first-order chi connectivity index (χ1) is 6.79. The summed E-state index contributed by atoms with van der Waals surface area (Å²) >= 11 is 0. The van der Waals surface area contributed by atoms with Gasteiger partial charge in [0, 0.05) is 6.20 Å².